The fourth-order valence-corrected chi connectivity index (χ4v) is 3.08. The first-order valence-corrected chi connectivity index (χ1v) is 9.28. The van der Waals surface area contributed by atoms with Gasteiger partial charge in [0.25, 0.3) is 0 Å². The Labute approximate surface area is 183 Å². The Balaban J connectivity index is 0.00000280. The number of para-hydroxylation sites is 1. The van der Waals surface area contributed by atoms with E-state index in [1.54, 1.807) is 0 Å². The predicted octanol–water partition coefficient (Wildman–Crippen LogP) is 4.26. The molecule has 5 nitrogen and oxygen atoms in total. The van der Waals surface area contributed by atoms with E-state index < -0.39 is 0 Å². The summed E-state index contributed by atoms with van der Waals surface area (Å²) in [6.45, 7) is 6.38. The van der Waals surface area contributed by atoms with Crippen LogP contribution in [0, 0.1) is 18.3 Å². The van der Waals surface area contributed by atoms with Crippen LogP contribution in [0.25, 0.3) is 10.9 Å². The van der Waals surface area contributed by atoms with Crippen LogP contribution in [-0.2, 0) is 13.0 Å². The molecule has 0 saturated carbocycles. The van der Waals surface area contributed by atoms with Crippen LogP contribution < -0.4 is 10.6 Å². The standard InChI is InChI=1S/C22H25N5.HI/c1-3-24-22(27-14-18-9-7-17(13-23)8-10-18)25-12-11-19-15-26-21-16(2)5-4-6-20(19)21;/h4-10,15,26H,3,11-12,14H2,1-2H3,(H2,24,25,27);1H. The second-order valence-corrected chi connectivity index (χ2v) is 6.49. The molecule has 0 fully saturated rings. The van der Waals surface area contributed by atoms with Crippen molar-refractivity contribution in [2.24, 2.45) is 4.99 Å². The number of hydrogen-bond donors (Lipinski definition) is 3. The summed E-state index contributed by atoms with van der Waals surface area (Å²) in [5.74, 6) is 0.804. The lowest BCUT2D eigenvalue weighted by Crippen LogP contribution is -2.38. The normalized spacial score (nSPS) is 11.0. The summed E-state index contributed by atoms with van der Waals surface area (Å²) in [5, 5.41) is 16.8. The van der Waals surface area contributed by atoms with Crippen LogP contribution >= 0.6 is 24.0 Å². The average Bonchev–Trinajstić information content (AvgIpc) is 3.11. The Bertz CT molecular complexity index is 967. The number of hydrogen-bond acceptors (Lipinski definition) is 2. The number of fused-ring (bicyclic) bond motifs is 1. The minimum absolute atomic E-state index is 0. The van der Waals surface area contributed by atoms with Crippen molar-refractivity contribution in [3.8, 4) is 6.07 Å². The molecule has 0 radical (unpaired) electrons. The van der Waals surface area contributed by atoms with Gasteiger partial charge in [-0.3, -0.25) is 0 Å². The minimum atomic E-state index is 0. The first-order chi connectivity index (χ1) is 13.2. The fourth-order valence-electron chi connectivity index (χ4n) is 3.08. The number of nitrogens with zero attached hydrogens (tertiary/aromatic N) is 2. The number of nitriles is 1. The molecule has 1 heterocycles. The van der Waals surface area contributed by atoms with E-state index in [-0.39, 0.29) is 24.0 Å². The summed E-state index contributed by atoms with van der Waals surface area (Å²) in [6.07, 6.45) is 3.02. The quantitative estimate of drug-likeness (QED) is 0.276. The summed E-state index contributed by atoms with van der Waals surface area (Å²) in [7, 11) is 0. The van der Waals surface area contributed by atoms with Gasteiger partial charge in [-0.15, -0.1) is 24.0 Å². The third-order valence-corrected chi connectivity index (χ3v) is 4.54. The Morgan fingerprint density at radius 3 is 2.64 bits per heavy atom. The summed E-state index contributed by atoms with van der Waals surface area (Å²) in [6, 6.07) is 16.1. The number of halogens is 1. The van der Waals surface area contributed by atoms with Crippen LogP contribution in [0.1, 0.15) is 29.2 Å². The van der Waals surface area contributed by atoms with E-state index in [4.69, 9.17) is 5.26 Å². The lowest BCUT2D eigenvalue weighted by atomic mass is 10.1. The second-order valence-electron chi connectivity index (χ2n) is 6.49. The molecule has 1 aromatic heterocycles. The maximum atomic E-state index is 8.87. The van der Waals surface area contributed by atoms with Crippen LogP contribution in [0.5, 0.6) is 0 Å². The molecule has 0 spiro atoms. The monoisotopic (exact) mass is 487 g/mol. The number of aromatic nitrogens is 1. The summed E-state index contributed by atoms with van der Waals surface area (Å²) < 4.78 is 0. The molecule has 28 heavy (non-hydrogen) atoms. The predicted molar refractivity (Wildman–Crippen MR) is 126 cm³/mol. The van der Waals surface area contributed by atoms with Gasteiger partial charge in [-0.2, -0.15) is 5.26 Å². The van der Waals surface area contributed by atoms with Crippen molar-refractivity contribution in [1.82, 2.24) is 15.6 Å². The van der Waals surface area contributed by atoms with E-state index in [2.05, 4.69) is 64.9 Å². The van der Waals surface area contributed by atoms with E-state index in [1.807, 2.05) is 24.3 Å². The smallest absolute Gasteiger partial charge is 0.191 e. The molecule has 3 aromatic rings. The lowest BCUT2D eigenvalue weighted by Gasteiger charge is -2.11. The molecular formula is C22H26IN5. The van der Waals surface area contributed by atoms with Gasteiger partial charge >= 0.3 is 0 Å². The molecule has 6 heteroatoms. The largest absolute Gasteiger partial charge is 0.361 e. The minimum Gasteiger partial charge on any atom is -0.361 e. The SMILES string of the molecule is CCNC(=NCc1ccc(C#N)cc1)NCCc1c[nH]c2c(C)cccc12.I. The summed E-state index contributed by atoms with van der Waals surface area (Å²) in [4.78, 5) is 8.02. The van der Waals surface area contributed by atoms with Crippen LogP contribution in [0.2, 0.25) is 0 Å². The Morgan fingerprint density at radius 1 is 1.14 bits per heavy atom. The van der Waals surface area contributed by atoms with Gasteiger partial charge in [-0.05, 0) is 49.1 Å². The number of nitrogens with one attached hydrogen (secondary N) is 3. The first kappa shape index (κ1) is 21.8. The Kier molecular flexibility index (Phi) is 8.33. The number of rotatable bonds is 6. The number of guanidine groups is 1. The van der Waals surface area contributed by atoms with E-state index in [1.165, 1.54) is 22.0 Å². The van der Waals surface area contributed by atoms with Crippen LogP contribution in [-0.4, -0.2) is 24.0 Å². The molecule has 3 N–H and O–H groups in total. The Hall–Kier alpha value is -2.53. The van der Waals surface area contributed by atoms with Crippen molar-refractivity contribution in [3.05, 3.63) is 70.9 Å². The van der Waals surface area contributed by atoms with Gasteiger partial charge in [-0.25, -0.2) is 4.99 Å². The number of benzene rings is 2. The van der Waals surface area contributed by atoms with Crippen molar-refractivity contribution < 1.29 is 0 Å². The maximum absolute atomic E-state index is 8.87. The molecule has 0 saturated heterocycles. The lowest BCUT2D eigenvalue weighted by molar-refractivity contribution is 0.801. The molecule has 3 rings (SSSR count). The Morgan fingerprint density at radius 2 is 1.93 bits per heavy atom. The van der Waals surface area contributed by atoms with E-state index in [0.29, 0.717) is 12.1 Å². The highest BCUT2D eigenvalue weighted by Crippen LogP contribution is 2.21. The zero-order valence-electron chi connectivity index (χ0n) is 16.2. The molecule has 0 bridgehead atoms. The van der Waals surface area contributed by atoms with E-state index in [0.717, 1.165) is 31.0 Å². The zero-order valence-corrected chi connectivity index (χ0v) is 18.6. The maximum Gasteiger partial charge on any atom is 0.191 e. The molecular weight excluding hydrogens is 461 g/mol. The van der Waals surface area contributed by atoms with Crippen molar-refractivity contribution >= 4 is 40.8 Å². The molecule has 146 valence electrons. The van der Waals surface area contributed by atoms with E-state index >= 15 is 0 Å². The van der Waals surface area contributed by atoms with Gasteiger partial charge in [0, 0.05) is 30.2 Å². The molecule has 0 aliphatic carbocycles. The second kappa shape index (κ2) is 10.7. The molecule has 0 aliphatic rings. The molecule has 0 unspecified atom stereocenters. The number of aryl methyl sites for hydroxylation is 1. The van der Waals surface area contributed by atoms with Crippen LogP contribution in [0.4, 0.5) is 0 Å². The van der Waals surface area contributed by atoms with Crippen molar-refractivity contribution in [2.75, 3.05) is 13.1 Å². The van der Waals surface area contributed by atoms with Gasteiger partial charge < -0.3 is 15.6 Å². The molecule has 0 atom stereocenters. The number of H-pyrrole nitrogens is 1. The van der Waals surface area contributed by atoms with Gasteiger partial charge in [0.1, 0.15) is 0 Å². The average molecular weight is 487 g/mol. The number of aromatic amines is 1. The molecule has 2 aromatic carbocycles. The van der Waals surface area contributed by atoms with Gasteiger partial charge in [0.15, 0.2) is 5.96 Å². The molecule has 0 aliphatic heterocycles. The first-order valence-electron chi connectivity index (χ1n) is 9.28. The van der Waals surface area contributed by atoms with Crippen molar-refractivity contribution in [1.29, 1.82) is 5.26 Å². The van der Waals surface area contributed by atoms with E-state index in [9.17, 15) is 0 Å². The summed E-state index contributed by atoms with van der Waals surface area (Å²) in [5.41, 5.74) is 5.54. The molecule has 0 amide bonds. The topological polar surface area (TPSA) is 76.0 Å². The van der Waals surface area contributed by atoms with Gasteiger partial charge in [0.2, 0.25) is 0 Å². The van der Waals surface area contributed by atoms with Gasteiger partial charge in [0.05, 0.1) is 18.2 Å². The zero-order chi connectivity index (χ0) is 19.1. The van der Waals surface area contributed by atoms with Crippen LogP contribution in [0.15, 0.2) is 53.7 Å². The third-order valence-electron chi connectivity index (χ3n) is 4.54. The van der Waals surface area contributed by atoms with Crippen molar-refractivity contribution in [2.45, 2.75) is 26.8 Å². The summed E-state index contributed by atoms with van der Waals surface area (Å²) >= 11 is 0. The highest BCUT2D eigenvalue weighted by molar-refractivity contribution is 14.0. The highest BCUT2D eigenvalue weighted by atomic mass is 127. The fraction of sp³-hybridized carbons (Fsp3) is 0.273. The third kappa shape index (κ3) is 5.49. The van der Waals surface area contributed by atoms with Gasteiger partial charge in [-0.1, -0.05) is 30.3 Å². The van der Waals surface area contributed by atoms with Crippen LogP contribution in [0.3, 0.4) is 0 Å². The highest BCUT2D eigenvalue weighted by Gasteiger charge is 2.05. The van der Waals surface area contributed by atoms with Crippen molar-refractivity contribution in [3.63, 3.8) is 0 Å². The number of aliphatic imine (C=N–C) groups is 1.